The first-order valence-corrected chi connectivity index (χ1v) is 10.2. The highest BCUT2D eigenvalue weighted by Crippen LogP contribution is 2.25. The molecule has 1 atom stereocenters. The zero-order valence-electron chi connectivity index (χ0n) is 15.5. The summed E-state index contributed by atoms with van der Waals surface area (Å²) < 4.78 is 15.0. The lowest BCUT2D eigenvalue weighted by Gasteiger charge is -2.14. The van der Waals surface area contributed by atoms with Crippen molar-refractivity contribution in [2.45, 2.75) is 31.6 Å². The van der Waals surface area contributed by atoms with E-state index in [1.54, 1.807) is 12.1 Å². The van der Waals surface area contributed by atoms with Gasteiger partial charge in [-0.2, -0.15) is 0 Å². The van der Waals surface area contributed by atoms with E-state index in [4.69, 9.17) is 11.6 Å². The van der Waals surface area contributed by atoms with Crippen molar-refractivity contribution in [3.05, 3.63) is 64.9 Å². The second kappa shape index (κ2) is 9.21. The summed E-state index contributed by atoms with van der Waals surface area (Å²) in [6.45, 7) is 4.55. The Bertz CT molecular complexity index is 944. The molecule has 0 saturated carbocycles. The SMILES string of the molecule is CCn1c(SCC(=O)N[C@@H](C)c2ccc(F)cc2)nnc1-c1ccc(Cl)cc1. The van der Waals surface area contributed by atoms with Crippen LogP contribution in [0.5, 0.6) is 0 Å². The highest BCUT2D eigenvalue weighted by atomic mass is 35.5. The fourth-order valence-electron chi connectivity index (χ4n) is 2.74. The van der Waals surface area contributed by atoms with Crippen LogP contribution in [0.25, 0.3) is 11.4 Å². The quantitative estimate of drug-likeness (QED) is 0.563. The number of amides is 1. The number of nitrogens with one attached hydrogen (secondary N) is 1. The molecule has 1 heterocycles. The standard InChI is InChI=1S/C20H20ClFN4OS/c1-3-26-19(15-4-8-16(21)9-5-15)24-25-20(26)28-12-18(27)23-13(2)14-6-10-17(22)11-7-14/h4-11,13H,3,12H2,1-2H3,(H,23,27)/t13-/m0/s1. The molecule has 3 aromatic rings. The minimum atomic E-state index is -0.298. The number of benzene rings is 2. The summed E-state index contributed by atoms with van der Waals surface area (Å²) >= 11 is 7.28. The lowest BCUT2D eigenvalue weighted by molar-refractivity contribution is -0.119. The van der Waals surface area contributed by atoms with Crippen LogP contribution in [0.1, 0.15) is 25.5 Å². The van der Waals surface area contributed by atoms with Crippen molar-refractivity contribution in [1.82, 2.24) is 20.1 Å². The molecule has 1 aromatic heterocycles. The molecule has 1 N–H and O–H groups in total. The van der Waals surface area contributed by atoms with Gasteiger partial charge in [-0.15, -0.1) is 10.2 Å². The van der Waals surface area contributed by atoms with Crippen LogP contribution in [-0.4, -0.2) is 26.4 Å². The molecule has 0 aliphatic rings. The molecule has 0 radical (unpaired) electrons. The highest BCUT2D eigenvalue weighted by Gasteiger charge is 2.16. The number of carbonyl (C=O) groups is 1. The molecular weight excluding hydrogens is 399 g/mol. The summed E-state index contributed by atoms with van der Waals surface area (Å²) in [6.07, 6.45) is 0. The molecule has 0 unspecified atom stereocenters. The van der Waals surface area contributed by atoms with E-state index in [1.807, 2.05) is 42.7 Å². The normalized spacial score (nSPS) is 12.0. The topological polar surface area (TPSA) is 59.8 Å². The van der Waals surface area contributed by atoms with Crippen molar-refractivity contribution in [2.75, 3.05) is 5.75 Å². The van der Waals surface area contributed by atoms with Crippen LogP contribution < -0.4 is 5.32 Å². The van der Waals surface area contributed by atoms with E-state index in [2.05, 4.69) is 15.5 Å². The molecule has 5 nitrogen and oxygen atoms in total. The highest BCUT2D eigenvalue weighted by molar-refractivity contribution is 7.99. The molecule has 0 saturated heterocycles. The summed E-state index contributed by atoms with van der Waals surface area (Å²) in [5.41, 5.74) is 1.77. The predicted molar refractivity (Wildman–Crippen MR) is 110 cm³/mol. The first-order valence-electron chi connectivity index (χ1n) is 8.84. The monoisotopic (exact) mass is 418 g/mol. The maximum absolute atomic E-state index is 13.0. The number of hydrogen-bond acceptors (Lipinski definition) is 4. The number of aromatic nitrogens is 3. The minimum Gasteiger partial charge on any atom is -0.349 e. The number of thioether (sulfide) groups is 1. The Kier molecular flexibility index (Phi) is 6.70. The average molecular weight is 419 g/mol. The van der Waals surface area contributed by atoms with Gasteiger partial charge < -0.3 is 9.88 Å². The van der Waals surface area contributed by atoms with Crippen molar-refractivity contribution in [3.63, 3.8) is 0 Å². The zero-order chi connectivity index (χ0) is 20.1. The van der Waals surface area contributed by atoms with Crippen LogP contribution >= 0.6 is 23.4 Å². The first kappa shape index (κ1) is 20.4. The molecule has 8 heteroatoms. The molecule has 146 valence electrons. The predicted octanol–water partition coefficient (Wildman–Crippen LogP) is 4.73. The third-order valence-electron chi connectivity index (χ3n) is 4.22. The van der Waals surface area contributed by atoms with Crippen molar-refractivity contribution < 1.29 is 9.18 Å². The van der Waals surface area contributed by atoms with Gasteiger partial charge in [0.05, 0.1) is 11.8 Å². The van der Waals surface area contributed by atoms with Crippen LogP contribution in [0.4, 0.5) is 4.39 Å². The Morgan fingerprint density at radius 2 is 1.86 bits per heavy atom. The molecule has 2 aromatic carbocycles. The van der Waals surface area contributed by atoms with Crippen molar-refractivity contribution in [2.24, 2.45) is 0 Å². The van der Waals surface area contributed by atoms with Gasteiger partial charge in [0.15, 0.2) is 11.0 Å². The lowest BCUT2D eigenvalue weighted by Crippen LogP contribution is -2.28. The Morgan fingerprint density at radius 1 is 1.18 bits per heavy atom. The van der Waals surface area contributed by atoms with Crippen molar-refractivity contribution in [3.8, 4) is 11.4 Å². The van der Waals surface area contributed by atoms with Gasteiger partial charge in [-0.05, 0) is 55.8 Å². The first-order chi connectivity index (χ1) is 13.5. The van der Waals surface area contributed by atoms with E-state index in [0.29, 0.717) is 16.7 Å². The van der Waals surface area contributed by atoms with E-state index < -0.39 is 0 Å². The number of rotatable bonds is 7. The van der Waals surface area contributed by atoms with E-state index in [9.17, 15) is 9.18 Å². The fraction of sp³-hybridized carbons (Fsp3) is 0.250. The van der Waals surface area contributed by atoms with Gasteiger partial charge in [-0.1, -0.05) is 35.5 Å². The van der Waals surface area contributed by atoms with Crippen LogP contribution in [0.2, 0.25) is 5.02 Å². The number of nitrogens with zero attached hydrogens (tertiary/aromatic N) is 3. The average Bonchev–Trinajstić information content (AvgIpc) is 3.10. The molecule has 0 spiro atoms. The van der Waals surface area contributed by atoms with Crippen molar-refractivity contribution >= 4 is 29.3 Å². The Morgan fingerprint density at radius 3 is 2.50 bits per heavy atom. The lowest BCUT2D eigenvalue weighted by atomic mass is 10.1. The molecule has 0 aliphatic carbocycles. The summed E-state index contributed by atoms with van der Waals surface area (Å²) in [5, 5.41) is 12.7. The second-order valence-electron chi connectivity index (χ2n) is 6.19. The molecule has 0 bridgehead atoms. The van der Waals surface area contributed by atoms with Crippen LogP contribution in [0, 0.1) is 5.82 Å². The third kappa shape index (κ3) is 4.91. The maximum Gasteiger partial charge on any atom is 0.230 e. The zero-order valence-corrected chi connectivity index (χ0v) is 17.1. The Hall–Kier alpha value is -2.38. The Balaban J connectivity index is 1.63. The van der Waals surface area contributed by atoms with Crippen molar-refractivity contribution in [1.29, 1.82) is 0 Å². The molecule has 3 rings (SSSR count). The number of hydrogen-bond donors (Lipinski definition) is 1. The molecular formula is C20H20ClFN4OS. The van der Waals surface area contributed by atoms with E-state index in [-0.39, 0.29) is 23.5 Å². The van der Waals surface area contributed by atoms with Gasteiger partial charge in [0.1, 0.15) is 5.82 Å². The smallest absolute Gasteiger partial charge is 0.230 e. The van der Waals surface area contributed by atoms with E-state index in [1.165, 1.54) is 23.9 Å². The van der Waals surface area contributed by atoms with E-state index in [0.717, 1.165) is 17.0 Å². The van der Waals surface area contributed by atoms with Crippen LogP contribution in [-0.2, 0) is 11.3 Å². The largest absolute Gasteiger partial charge is 0.349 e. The van der Waals surface area contributed by atoms with Gasteiger partial charge in [0, 0.05) is 17.1 Å². The molecule has 0 aliphatic heterocycles. The number of carbonyl (C=O) groups excluding carboxylic acids is 1. The van der Waals surface area contributed by atoms with Gasteiger partial charge in [-0.3, -0.25) is 4.79 Å². The van der Waals surface area contributed by atoms with E-state index >= 15 is 0 Å². The third-order valence-corrected chi connectivity index (χ3v) is 5.43. The molecule has 0 fully saturated rings. The van der Waals surface area contributed by atoms with Gasteiger partial charge in [-0.25, -0.2) is 4.39 Å². The van der Waals surface area contributed by atoms with Crippen LogP contribution in [0.15, 0.2) is 53.7 Å². The van der Waals surface area contributed by atoms with Gasteiger partial charge in [0.2, 0.25) is 5.91 Å². The summed E-state index contributed by atoms with van der Waals surface area (Å²) in [5.74, 6) is 0.528. The molecule has 1 amide bonds. The minimum absolute atomic E-state index is 0.125. The summed E-state index contributed by atoms with van der Waals surface area (Å²) in [6, 6.07) is 13.3. The van der Waals surface area contributed by atoms with Gasteiger partial charge >= 0.3 is 0 Å². The number of halogens is 2. The summed E-state index contributed by atoms with van der Waals surface area (Å²) in [7, 11) is 0. The Labute approximate surface area is 172 Å². The second-order valence-corrected chi connectivity index (χ2v) is 7.57. The maximum atomic E-state index is 13.0. The summed E-state index contributed by atoms with van der Waals surface area (Å²) in [4.78, 5) is 12.3. The molecule has 28 heavy (non-hydrogen) atoms. The van der Waals surface area contributed by atoms with Crippen LogP contribution in [0.3, 0.4) is 0 Å². The fourth-order valence-corrected chi connectivity index (χ4v) is 3.68. The van der Waals surface area contributed by atoms with Gasteiger partial charge in [0.25, 0.3) is 0 Å².